The third-order valence-electron chi connectivity index (χ3n) is 3.58. The number of carbonyl (C=O) groups is 1. The van der Waals surface area contributed by atoms with Gasteiger partial charge in [0.2, 0.25) is 5.95 Å². The van der Waals surface area contributed by atoms with E-state index in [0.29, 0.717) is 11.5 Å². The highest BCUT2D eigenvalue weighted by Gasteiger charge is 2.16. The largest absolute Gasteiger partial charge is 0.355 e. The zero-order chi connectivity index (χ0) is 18.1. The van der Waals surface area contributed by atoms with Gasteiger partial charge in [0.25, 0.3) is 5.91 Å². The average molecular weight is 345 g/mol. The highest BCUT2D eigenvalue weighted by molar-refractivity contribution is 5.94. The molecule has 0 aliphatic rings. The van der Waals surface area contributed by atoms with E-state index in [0.717, 1.165) is 15.9 Å². The summed E-state index contributed by atoms with van der Waals surface area (Å²) in [7, 11) is 3.27. The SMILES string of the molecule is Cc1nn(C)cc1-c1cc(C(=O)NN=Cc2c(C)nn(C)c2F)no1. The van der Waals surface area contributed by atoms with Gasteiger partial charge in [-0.1, -0.05) is 5.16 Å². The van der Waals surface area contributed by atoms with E-state index >= 15 is 0 Å². The molecule has 0 unspecified atom stereocenters. The molecular weight excluding hydrogens is 329 g/mol. The van der Waals surface area contributed by atoms with Crippen LogP contribution in [0.15, 0.2) is 21.9 Å². The zero-order valence-electron chi connectivity index (χ0n) is 14.1. The number of amides is 1. The molecule has 0 atom stereocenters. The zero-order valence-corrected chi connectivity index (χ0v) is 14.1. The predicted molar refractivity (Wildman–Crippen MR) is 86.4 cm³/mol. The number of nitrogens with zero attached hydrogens (tertiary/aromatic N) is 6. The molecule has 3 aromatic rings. The monoisotopic (exact) mass is 345 g/mol. The molecular formula is C15H16FN7O2. The lowest BCUT2D eigenvalue weighted by Gasteiger charge is -1.94. The summed E-state index contributed by atoms with van der Waals surface area (Å²) in [5.41, 5.74) is 4.50. The number of hydrogen-bond acceptors (Lipinski definition) is 6. The molecule has 3 heterocycles. The Morgan fingerprint density at radius 1 is 1.32 bits per heavy atom. The number of halogens is 1. The Hall–Kier alpha value is -3.30. The third-order valence-corrected chi connectivity index (χ3v) is 3.58. The first-order chi connectivity index (χ1) is 11.9. The van der Waals surface area contributed by atoms with E-state index in [-0.39, 0.29) is 11.3 Å². The summed E-state index contributed by atoms with van der Waals surface area (Å²) in [6.45, 7) is 3.47. The Kier molecular flexibility index (Phi) is 4.17. The van der Waals surface area contributed by atoms with E-state index in [1.54, 1.807) is 24.9 Å². The fourth-order valence-corrected chi connectivity index (χ4v) is 2.36. The van der Waals surface area contributed by atoms with Crippen LogP contribution >= 0.6 is 0 Å². The number of aryl methyl sites for hydroxylation is 4. The summed E-state index contributed by atoms with van der Waals surface area (Å²) < 4.78 is 21.7. The van der Waals surface area contributed by atoms with Crippen molar-refractivity contribution in [3.8, 4) is 11.3 Å². The molecule has 0 aliphatic heterocycles. The molecule has 0 radical (unpaired) electrons. The fourth-order valence-electron chi connectivity index (χ4n) is 2.36. The van der Waals surface area contributed by atoms with Gasteiger partial charge in [-0.05, 0) is 13.8 Å². The molecule has 3 aromatic heterocycles. The number of aromatic nitrogens is 5. The molecule has 0 bridgehead atoms. The Bertz CT molecular complexity index is 967. The Labute approximate surface area is 142 Å². The van der Waals surface area contributed by atoms with E-state index in [4.69, 9.17) is 4.52 Å². The molecule has 0 saturated heterocycles. The molecule has 0 fully saturated rings. The van der Waals surface area contributed by atoms with Crippen molar-refractivity contribution in [1.82, 2.24) is 30.1 Å². The second kappa shape index (κ2) is 6.30. The molecule has 25 heavy (non-hydrogen) atoms. The molecule has 3 rings (SSSR count). The summed E-state index contributed by atoms with van der Waals surface area (Å²) in [6.07, 6.45) is 2.96. The van der Waals surface area contributed by atoms with Crippen LogP contribution in [0, 0.1) is 19.8 Å². The Morgan fingerprint density at radius 3 is 2.68 bits per heavy atom. The second-order valence-corrected chi connectivity index (χ2v) is 5.49. The van der Waals surface area contributed by atoms with E-state index in [1.807, 2.05) is 6.92 Å². The van der Waals surface area contributed by atoms with E-state index in [9.17, 15) is 9.18 Å². The lowest BCUT2D eigenvalue weighted by molar-refractivity contribution is 0.0946. The number of hydrogen-bond donors (Lipinski definition) is 1. The molecule has 1 N–H and O–H groups in total. The highest BCUT2D eigenvalue weighted by Crippen LogP contribution is 2.22. The van der Waals surface area contributed by atoms with Crippen molar-refractivity contribution in [2.75, 3.05) is 0 Å². The molecule has 0 saturated carbocycles. The van der Waals surface area contributed by atoms with Crippen LogP contribution in [-0.2, 0) is 14.1 Å². The maximum Gasteiger partial charge on any atom is 0.293 e. The van der Waals surface area contributed by atoms with Gasteiger partial charge in [-0.3, -0.25) is 9.48 Å². The number of nitrogens with one attached hydrogen (secondary N) is 1. The van der Waals surface area contributed by atoms with Crippen molar-refractivity contribution in [2.24, 2.45) is 19.2 Å². The van der Waals surface area contributed by atoms with Crippen LogP contribution in [0.2, 0.25) is 0 Å². The molecule has 0 aliphatic carbocycles. The van der Waals surface area contributed by atoms with Crippen LogP contribution in [0.25, 0.3) is 11.3 Å². The predicted octanol–water partition coefficient (Wildman–Crippen LogP) is 1.33. The van der Waals surface area contributed by atoms with Crippen LogP contribution < -0.4 is 5.43 Å². The smallest absolute Gasteiger partial charge is 0.293 e. The van der Waals surface area contributed by atoms with Crippen molar-refractivity contribution in [2.45, 2.75) is 13.8 Å². The standard InChI is InChI=1S/C15H16FN7O2/c1-8-10(14(16)23(4)20-8)6-17-18-15(24)12-5-13(25-21-12)11-7-22(3)19-9(11)2/h5-7H,1-4H3,(H,18,24). The minimum absolute atomic E-state index is 0.0544. The van der Waals surface area contributed by atoms with E-state index in [1.165, 1.54) is 19.3 Å². The van der Waals surface area contributed by atoms with Gasteiger partial charge >= 0.3 is 0 Å². The third kappa shape index (κ3) is 3.18. The van der Waals surface area contributed by atoms with Gasteiger partial charge in [-0.2, -0.15) is 19.7 Å². The maximum absolute atomic E-state index is 13.8. The minimum atomic E-state index is -0.574. The molecule has 0 aromatic carbocycles. The molecule has 1 amide bonds. The molecule has 9 nitrogen and oxygen atoms in total. The quantitative estimate of drug-likeness (QED) is 0.567. The van der Waals surface area contributed by atoms with Gasteiger partial charge < -0.3 is 4.52 Å². The Morgan fingerprint density at radius 2 is 2.08 bits per heavy atom. The molecule has 130 valence electrons. The van der Waals surface area contributed by atoms with Crippen molar-refractivity contribution < 1.29 is 13.7 Å². The number of carbonyl (C=O) groups excluding carboxylic acids is 1. The van der Waals surface area contributed by atoms with Gasteiger partial charge in [-0.25, -0.2) is 10.1 Å². The molecule has 0 spiro atoms. The second-order valence-electron chi connectivity index (χ2n) is 5.49. The first-order valence-electron chi connectivity index (χ1n) is 7.36. The average Bonchev–Trinajstić information content (AvgIpc) is 3.21. The minimum Gasteiger partial charge on any atom is -0.355 e. The summed E-state index contributed by atoms with van der Waals surface area (Å²) in [6, 6.07) is 1.49. The van der Waals surface area contributed by atoms with Crippen molar-refractivity contribution in [3.63, 3.8) is 0 Å². The van der Waals surface area contributed by atoms with Crippen molar-refractivity contribution in [1.29, 1.82) is 0 Å². The summed E-state index contributed by atoms with van der Waals surface area (Å²) >= 11 is 0. The van der Waals surface area contributed by atoms with Crippen LogP contribution in [0.4, 0.5) is 4.39 Å². The van der Waals surface area contributed by atoms with E-state index in [2.05, 4.69) is 25.9 Å². The summed E-state index contributed by atoms with van der Waals surface area (Å²) in [5.74, 6) is -0.685. The van der Waals surface area contributed by atoms with Crippen LogP contribution in [0.1, 0.15) is 27.4 Å². The van der Waals surface area contributed by atoms with Crippen molar-refractivity contribution in [3.05, 3.63) is 40.9 Å². The summed E-state index contributed by atoms with van der Waals surface area (Å²) in [5, 5.41) is 15.6. The van der Waals surface area contributed by atoms with Crippen LogP contribution in [-0.4, -0.2) is 36.8 Å². The van der Waals surface area contributed by atoms with Gasteiger partial charge in [0, 0.05) is 26.4 Å². The van der Waals surface area contributed by atoms with Crippen LogP contribution in [0.5, 0.6) is 0 Å². The normalized spacial score (nSPS) is 11.4. The first kappa shape index (κ1) is 16.6. The summed E-state index contributed by atoms with van der Waals surface area (Å²) in [4.78, 5) is 12.1. The number of rotatable bonds is 4. The van der Waals surface area contributed by atoms with Crippen LogP contribution in [0.3, 0.4) is 0 Å². The van der Waals surface area contributed by atoms with Crippen molar-refractivity contribution >= 4 is 12.1 Å². The first-order valence-corrected chi connectivity index (χ1v) is 7.36. The fraction of sp³-hybridized carbons (Fsp3) is 0.267. The lowest BCUT2D eigenvalue weighted by Crippen LogP contribution is -2.18. The maximum atomic E-state index is 13.8. The molecule has 10 heteroatoms. The Balaban J connectivity index is 1.72. The number of hydrazone groups is 1. The van der Waals surface area contributed by atoms with E-state index < -0.39 is 11.9 Å². The van der Waals surface area contributed by atoms with Gasteiger partial charge in [0.1, 0.15) is 0 Å². The highest BCUT2D eigenvalue weighted by atomic mass is 19.1. The van der Waals surface area contributed by atoms with Gasteiger partial charge in [0.05, 0.1) is 28.7 Å². The topological polar surface area (TPSA) is 103 Å². The van der Waals surface area contributed by atoms with Gasteiger partial charge in [-0.15, -0.1) is 0 Å². The van der Waals surface area contributed by atoms with Gasteiger partial charge in [0.15, 0.2) is 11.5 Å². The lowest BCUT2D eigenvalue weighted by atomic mass is 10.2.